The number of carbonyl (C=O) groups excluding carboxylic acids is 2. The molecule has 0 saturated carbocycles. The summed E-state index contributed by atoms with van der Waals surface area (Å²) in [5.41, 5.74) is 0.426. The number of rotatable bonds is 6. The molecular formula is C22H17ClN2O7S2. The molecule has 0 spiro atoms. The maximum atomic E-state index is 13.3. The van der Waals surface area contributed by atoms with E-state index in [4.69, 9.17) is 16.3 Å². The molecule has 0 bridgehead atoms. The predicted molar refractivity (Wildman–Crippen MR) is 127 cm³/mol. The Morgan fingerprint density at radius 3 is 2.47 bits per heavy atom. The van der Waals surface area contributed by atoms with Crippen LogP contribution in [0.4, 0.5) is 11.4 Å². The highest BCUT2D eigenvalue weighted by Gasteiger charge is 2.38. The summed E-state index contributed by atoms with van der Waals surface area (Å²) in [4.78, 5) is 37.8. The van der Waals surface area contributed by atoms with Crippen molar-refractivity contribution < 1.29 is 32.6 Å². The van der Waals surface area contributed by atoms with E-state index in [9.17, 15) is 27.9 Å². The number of ether oxygens (including phenoxy) is 1. The number of carbonyl (C=O) groups is 3. The van der Waals surface area contributed by atoms with E-state index in [1.165, 1.54) is 31.7 Å². The molecule has 0 radical (unpaired) electrons. The van der Waals surface area contributed by atoms with E-state index in [-0.39, 0.29) is 32.5 Å². The second-order valence-corrected chi connectivity index (χ2v) is 10.5. The Balaban J connectivity index is 1.76. The Bertz CT molecular complexity index is 1430. The van der Waals surface area contributed by atoms with Crippen molar-refractivity contribution >= 4 is 62.1 Å². The van der Waals surface area contributed by atoms with E-state index in [0.717, 1.165) is 26.6 Å². The number of hydrogen-bond donors (Lipinski definition) is 1. The Hall–Kier alpha value is -3.41. The van der Waals surface area contributed by atoms with Gasteiger partial charge in [0.1, 0.15) is 10.6 Å². The number of sulfonamides is 1. The van der Waals surface area contributed by atoms with E-state index < -0.39 is 27.8 Å². The third-order valence-electron chi connectivity index (χ3n) is 5.32. The Morgan fingerprint density at radius 1 is 1.18 bits per heavy atom. The number of thiophene rings is 1. The van der Waals surface area contributed by atoms with E-state index in [0.29, 0.717) is 17.0 Å². The van der Waals surface area contributed by atoms with Gasteiger partial charge in [0.25, 0.3) is 15.9 Å². The molecule has 1 N–H and O–H groups in total. The van der Waals surface area contributed by atoms with Crippen LogP contribution < -0.4 is 13.9 Å². The number of halogens is 1. The van der Waals surface area contributed by atoms with Crippen molar-refractivity contribution in [2.24, 2.45) is 0 Å². The average molecular weight is 521 g/mol. The fourth-order valence-electron chi connectivity index (χ4n) is 3.54. The first kappa shape index (κ1) is 23.7. The lowest BCUT2D eigenvalue weighted by atomic mass is 10.0. The first-order chi connectivity index (χ1) is 16.1. The Labute approximate surface area is 203 Å². The van der Waals surface area contributed by atoms with Gasteiger partial charge in [-0.1, -0.05) is 11.6 Å². The molecule has 2 heterocycles. The molecule has 0 aliphatic carbocycles. The van der Waals surface area contributed by atoms with Crippen molar-refractivity contribution in [1.29, 1.82) is 0 Å². The number of carboxylic acids is 1. The third kappa shape index (κ3) is 3.91. The van der Waals surface area contributed by atoms with Gasteiger partial charge in [-0.05, 0) is 53.4 Å². The first-order valence-corrected chi connectivity index (χ1v) is 12.4. The Morgan fingerprint density at radius 2 is 1.85 bits per heavy atom. The molecule has 9 nitrogen and oxygen atoms in total. The molecule has 34 heavy (non-hydrogen) atoms. The summed E-state index contributed by atoms with van der Waals surface area (Å²) in [5, 5.41) is 10.8. The van der Waals surface area contributed by atoms with E-state index in [1.54, 1.807) is 24.3 Å². The maximum absolute atomic E-state index is 13.3. The fourth-order valence-corrected chi connectivity index (χ4v) is 5.86. The summed E-state index contributed by atoms with van der Waals surface area (Å²) in [7, 11) is -1.25. The minimum atomic E-state index is -4.10. The van der Waals surface area contributed by atoms with Crippen molar-refractivity contribution in [2.45, 2.75) is 11.3 Å². The minimum Gasteiger partial charge on any atom is -0.497 e. The van der Waals surface area contributed by atoms with Gasteiger partial charge in [-0.3, -0.25) is 13.9 Å². The number of fused-ring (bicyclic) bond motifs is 1. The number of carboxylic acid groups (broad SMARTS) is 1. The molecule has 3 aromatic rings. The molecule has 0 saturated heterocycles. The van der Waals surface area contributed by atoms with Crippen LogP contribution in [0.5, 0.6) is 5.75 Å². The number of methoxy groups -OCH3 is 1. The molecule has 2 amide bonds. The number of nitrogens with zero attached hydrogens (tertiary/aromatic N) is 2. The van der Waals surface area contributed by atoms with Crippen LogP contribution in [0.25, 0.3) is 0 Å². The van der Waals surface area contributed by atoms with Gasteiger partial charge in [0, 0.05) is 7.05 Å². The number of benzene rings is 2. The van der Waals surface area contributed by atoms with E-state index >= 15 is 0 Å². The van der Waals surface area contributed by atoms with E-state index in [1.807, 2.05) is 0 Å². The molecule has 1 aliphatic heterocycles. The number of imide groups is 1. The summed E-state index contributed by atoms with van der Waals surface area (Å²) in [6, 6.07) is 10.0. The lowest BCUT2D eigenvalue weighted by molar-refractivity contribution is -0.117. The topological polar surface area (TPSA) is 121 Å². The molecular weight excluding hydrogens is 504 g/mol. The smallest absolute Gasteiger partial charge is 0.346 e. The normalized spacial score (nSPS) is 13.6. The van der Waals surface area contributed by atoms with Crippen LogP contribution >= 0.6 is 22.9 Å². The second-order valence-electron chi connectivity index (χ2n) is 7.27. The molecule has 1 aromatic heterocycles. The van der Waals surface area contributed by atoms with Gasteiger partial charge in [0.05, 0.1) is 40.4 Å². The quantitative estimate of drug-likeness (QED) is 0.492. The van der Waals surface area contributed by atoms with Crippen LogP contribution in [0, 0.1) is 0 Å². The summed E-state index contributed by atoms with van der Waals surface area (Å²) in [6.07, 6.45) is -0.218. The van der Waals surface area contributed by atoms with Gasteiger partial charge >= 0.3 is 5.97 Å². The third-order valence-corrected chi connectivity index (χ3v) is 8.44. The van der Waals surface area contributed by atoms with Crippen LogP contribution in [-0.2, 0) is 21.2 Å². The Kier molecular flexibility index (Phi) is 6.11. The molecule has 0 fully saturated rings. The van der Waals surface area contributed by atoms with Gasteiger partial charge in [-0.2, -0.15) is 0 Å². The summed E-state index contributed by atoms with van der Waals surface area (Å²) in [6.45, 7) is 0. The van der Waals surface area contributed by atoms with Gasteiger partial charge < -0.3 is 9.84 Å². The van der Waals surface area contributed by atoms with Gasteiger partial charge in [-0.15, -0.1) is 11.3 Å². The summed E-state index contributed by atoms with van der Waals surface area (Å²) in [5.74, 6) is -2.26. The number of aromatic carboxylic acids is 1. The van der Waals surface area contributed by atoms with Crippen molar-refractivity contribution in [3.63, 3.8) is 0 Å². The molecule has 0 atom stereocenters. The lowest BCUT2D eigenvalue weighted by Crippen LogP contribution is -2.43. The zero-order valence-corrected chi connectivity index (χ0v) is 20.2. The van der Waals surface area contributed by atoms with Crippen molar-refractivity contribution in [2.75, 3.05) is 23.4 Å². The monoisotopic (exact) mass is 520 g/mol. The van der Waals surface area contributed by atoms with Crippen LogP contribution in [0.3, 0.4) is 0 Å². The maximum Gasteiger partial charge on any atom is 0.346 e. The van der Waals surface area contributed by atoms with Crippen LogP contribution in [0.1, 0.15) is 25.6 Å². The van der Waals surface area contributed by atoms with Crippen molar-refractivity contribution in [3.05, 3.63) is 68.9 Å². The zero-order valence-electron chi connectivity index (χ0n) is 17.8. The fraction of sp³-hybridized carbons (Fsp3) is 0.136. The van der Waals surface area contributed by atoms with Gasteiger partial charge in [-0.25, -0.2) is 18.1 Å². The largest absolute Gasteiger partial charge is 0.497 e. The molecule has 12 heteroatoms. The molecule has 176 valence electrons. The number of amides is 2. The molecule has 1 aliphatic rings. The molecule has 0 unspecified atom stereocenters. The van der Waals surface area contributed by atoms with E-state index in [2.05, 4.69) is 0 Å². The molecule has 2 aromatic carbocycles. The van der Waals surface area contributed by atoms with Crippen LogP contribution in [0.15, 0.2) is 52.7 Å². The number of anilines is 2. The minimum absolute atomic E-state index is 0.0386. The summed E-state index contributed by atoms with van der Waals surface area (Å²) >= 11 is 7.11. The lowest BCUT2D eigenvalue weighted by Gasteiger charge is -2.27. The SMILES string of the molecule is COc1ccc(N(C)S(=O)(=O)c2ccc(Cl)c(N3C(=O)Cc4csc(C(=O)O)c4C3=O)c2)cc1. The predicted octanol–water partition coefficient (Wildman–Crippen LogP) is 3.66. The van der Waals surface area contributed by atoms with Crippen molar-refractivity contribution in [1.82, 2.24) is 0 Å². The standard InChI is InChI=1S/C22H17ClN2O7S2/c1-24(13-3-5-14(32-2)6-4-13)34(30,31)15-7-8-16(23)17(10-15)25-18(26)9-12-11-33-20(22(28)29)19(12)21(25)27/h3-8,10-11H,9H2,1-2H3,(H,28,29). The van der Waals surface area contributed by atoms with Gasteiger partial charge in [0.15, 0.2) is 0 Å². The average Bonchev–Trinajstić information content (AvgIpc) is 3.24. The summed E-state index contributed by atoms with van der Waals surface area (Å²) < 4.78 is 32.7. The first-order valence-electron chi connectivity index (χ1n) is 9.69. The highest BCUT2D eigenvalue weighted by atomic mass is 35.5. The highest BCUT2D eigenvalue weighted by Crippen LogP contribution is 2.36. The van der Waals surface area contributed by atoms with Gasteiger partial charge in [0.2, 0.25) is 5.91 Å². The van der Waals surface area contributed by atoms with Crippen LogP contribution in [-0.4, -0.2) is 45.5 Å². The zero-order chi connectivity index (χ0) is 24.8. The number of hydrogen-bond acceptors (Lipinski definition) is 7. The van der Waals surface area contributed by atoms with Crippen molar-refractivity contribution in [3.8, 4) is 5.75 Å². The highest BCUT2D eigenvalue weighted by molar-refractivity contribution is 7.92. The van der Waals surface area contributed by atoms with Crippen LogP contribution in [0.2, 0.25) is 5.02 Å². The second kappa shape index (κ2) is 8.75. The molecule has 4 rings (SSSR count).